The summed E-state index contributed by atoms with van der Waals surface area (Å²) < 4.78 is 1.63. The van der Waals surface area contributed by atoms with Crippen molar-refractivity contribution < 1.29 is 14.7 Å². The van der Waals surface area contributed by atoms with E-state index in [1.807, 2.05) is 0 Å². The Morgan fingerprint density at radius 1 is 1.29 bits per heavy atom. The van der Waals surface area contributed by atoms with Crippen LogP contribution in [0.2, 0.25) is 0 Å². The number of terminal acetylenes is 1. The van der Waals surface area contributed by atoms with Crippen molar-refractivity contribution in [3.05, 3.63) is 35.9 Å². The minimum Gasteiger partial charge on any atom is -0.392 e. The van der Waals surface area contributed by atoms with E-state index in [-0.39, 0.29) is 42.1 Å². The van der Waals surface area contributed by atoms with Crippen LogP contribution in [0.4, 0.5) is 17.3 Å². The van der Waals surface area contributed by atoms with E-state index in [2.05, 4.69) is 41.8 Å². The molecule has 34 heavy (non-hydrogen) atoms. The summed E-state index contributed by atoms with van der Waals surface area (Å²) in [7, 11) is 0. The monoisotopic (exact) mass is 460 g/mol. The number of ketones is 1. The normalized spacial score (nSPS) is 12.7. The van der Waals surface area contributed by atoms with Crippen LogP contribution in [0.25, 0.3) is 11.4 Å². The number of aromatic nitrogens is 6. The Morgan fingerprint density at radius 2 is 2.12 bits per heavy atom. The van der Waals surface area contributed by atoms with Crippen molar-refractivity contribution in [2.75, 3.05) is 10.6 Å². The number of aliphatic hydroxyl groups is 1. The fraction of sp³-hybridized carbons (Fsp3) is 0.348. The molecule has 1 aliphatic carbocycles. The van der Waals surface area contributed by atoms with Gasteiger partial charge in [0.25, 0.3) is 0 Å². The topological polar surface area (TPSA) is 148 Å². The van der Waals surface area contributed by atoms with Crippen LogP contribution in [-0.4, -0.2) is 46.7 Å². The lowest BCUT2D eigenvalue weighted by atomic mass is 10.1. The number of aryl methyl sites for hydroxylation is 1. The predicted octanol–water partition coefficient (Wildman–Crippen LogP) is 2.33. The lowest BCUT2D eigenvalue weighted by molar-refractivity contribution is -0.117. The van der Waals surface area contributed by atoms with Gasteiger partial charge in [-0.25, -0.2) is 9.97 Å². The van der Waals surface area contributed by atoms with Gasteiger partial charge in [-0.3, -0.25) is 14.3 Å². The van der Waals surface area contributed by atoms with Gasteiger partial charge in [0.1, 0.15) is 12.1 Å². The third-order valence-electron chi connectivity index (χ3n) is 5.31. The Bertz CT molecular complexity index is 1260. The number of nitrogens with one attached hydrogen (secondary N) is 2. The molecule has 0 aliphatic heterocycles. The number of pyridine rings is 1. The van der Waals surface area contributed by atoms with Crippen molar-refractivity contribution in [1.29, 1.82) is 0 Å². The smallest absolute Gasteiger partial charge is 0.228 e. The largest absolute Gasteiger partial charge is 0.392 e. The van der Waals surface area contributed by atoms with Crippen molar-refractivity contribution in [2.45, 2.75) is 45.8 Å². The van der Waals surface area contributed by atoms with Gasteiger partial charge in [0.2, 0.25) is 5.91 Å². The van der Waals surface area contributed by atoms with Crippen LogP contribution >= 0.6 is 0 Å². The Kier molecular flexibility index (Phi) is 6.89. The summed E-state index contributed by atoms with van der Waals surface area (Å²) in [6.07, 6.45) is 10.9. The number of rotatable bonds is 10. The average Bonchev–Trinajstić information content (AvgIpc) is 3.60. The molecule has 0 aromatic carbocycles. The van der Waals surface area contributed by atoms with Gasteiger partial charge in [0.05, 0.1) is 18.8 Å². The number of nitrogens with zero attached hydrogens (tertiary/aromatic N) is 6. The van der Waals surface area contributed by atoms with Crippen molar-refractivity contribution >= 4 is 29.0 Å². The highest BCUT2D eigenvalue weighted by Crippen LogP contribution is 2.32. The molecule has 1 fully saturated rings. The van der Waals surface area contributed by atoms with Gasteiger partial charge in [-0.15, -0.1) is 22.5 Å². The Hall–Kier alpha value is -4.17. The van der Waals surface area contributed by atoms with E-state index in [1.54, 1.807) is 36.3 Å². The van der Waals surface area contributed by atoms with E-state index in [0.29, 0.717) is 41.4 Å². The molecule has 0 unspecified atom stereocenters. The number of carbonyl (C=O) groups excluding carboxylic acids is 2. The van der Waals surface area contributed by atoms with E-state index < -0.39 is 0 Å². The highest BCUT2D eigenvalue weighted by molar-refractivity contribution is 6.01. The summed E-state index contributed by atoms with van der Waals surface area (Å²) in [5.41, 5.74) is 1.44. The van der Waals surface area contributed by atoms with Crippen LogP contribution in [-0.2, 0) is 17.9 Å². The molecule has 0 atom stereocenters. The summed E-state index contributed by atoms with van der Waals surface area (Å²) >= 11 is 0. The second kappa shape index (κ2) is 10.2. The zero-order valence-electron chi connectivity index (χ0n) is 18.7. The van der Waals surface area contributed by atoms with Crippen LogP contribution < -0.4 is 10.6 Å². The zero-order chi connectivity index (χ0) is 24.1. The number of hydrogen-bond acceptors (Lipinski definition) is 9. The molecule has 3 heterocycles. The van der Waals surface area contributed by atoms with Gasteiger partial charge in [-0.05, 0) is 18.9 Å². The third kappa shape index (κ3) is 5.07. The fourth-order valence-electron chi connectivity index (χ4n) is 3.30. The fourth-order valence-corrected chi connectivity index (χ4v) is 3.30. The molecule has 174 valence electrons. The SMILES string of the molecule is C#CCCn1cnc(-c2ccnc(Nc3cc(NC(=O)C4CC4)nnc3C(=O)CC)c2CO)n1. The molecular weight excluding hydrogens is 436 g/mol. The van der Waals surface area contributed by atoms with Gasteiger partial charge >= 0.3 is 0 Å². The van der Waals surface area contributed by atoms with Crippen LogP contribution in [0.3, 0.4) is 0 Å². The molecule has 0 saturated heterocycles. The van der Waals surface area contributed by atoms with Crippen LogP contribution in [0.5, 0.6) is 0 Å². The summed E-state index contributed by atoms with van der Waals surface area (Å²) in [4.78, 5) is 33.3. The number of amides is 1. The number of hydrogen-bond donors (Lipinski definition) is 3. The molecule has 3 N–H and O–H groups in total. The molecule has 0 bridgehead atoms. The predicted molar refractivity (Wildman–Crippen MR) is 124 cm³/mol. The molecule has 0 spiro atoms. The maximum Gasteiger partial charge on any atom is 0.228 e. The highest BCUT2D eigenvalue weighted by Gasteiger charge is 2.30. The molecule has 3 aromatic heterocycles. The molecule has 1 aliphatic rings. The zero-order valence-corrected chi connectivity index (χ0v) is 18.7. The Morgan fingerprint density at radius 3 is 2.82 bits per heavy atom. The van der Waals surface area contributed by atoms with Crippen LogP contribution in [0, 0.1) is 18.3 Å². The minimum absolute atomic E-state index is 0.0116. The second-order valence-corrected chi connectivity index (χ2v) is 7.79. The summed E-state index contributed by atoms with van der Waals surface area (Å²) in [5, 5.41) is 28.4. The molecule has 1 amide bonds. The summed E-state index contributed by atoms with van der Waals surface area (Å²) in [5.74, 6) is 3.12. The van der Waals surface area contributed by atoms with Gasteiger partial charge in [-0.1, -0.05) is 6.92 Å². The quantitative estimate of drug-likeness (QED) is 0.306. The van der Waals surface area contributed by atoms with Crippen molar-refractivity contribution in [3.8, 4) is 23.7 Å². The van der Waals surface area contributed by atoms with Gasteiger partial charge < -0.3 is 15.7 Å². The minimum atomic E-state index is -0.356. The molecule has 0 radical (unpaired) electrons. The first kappa shape index (κ1) is 23.0. The standard InChI is InChI=1S/C23H24N8O3/c1-3-5-10-31-13-25-22(30-31)15-8-9-24-21(16(15)12-32)26-17-11-19(27-23(34)14-6-7-14)28-29-20(17)18(33)4-2/h1,8-9,11,13-14,32H,4-7,10,12H2,2H3,(H2,24,26,27,28,34). The highest BCUT2D eigenvalue weighted by atomic mass is 16.3. The molecule has 3 aromatic rings. The Balaban J connectivity index is 1.67. The third-order valence-corrected chi connectivity index (χ3v) is 5.31. The van der Waals surface area contributed by atoms with E-state index in [1.165, 1.54) is 0 Å². The molecule has 11 heteroatoms. The number of aliphatic hydroxyl groups excluding tert-OH is 1. The van der Waals surface area contributed by atoms with Gasteiger partial charge in [0.15, 0.2) is 23.1 Å². The maximum absolute atomic E-state index is 12.5. The number of anilines is 3. The van der Waals surface area contributed by atoms with Crippen molar-refractivity contribution in [1.82, 2.24) is 29.9 Å². The first-order chi connectivity index (χ1) is 16.5. The van der Waals surface area contributed by atoms with Crippen molar-refractivity contribution in [3.63, 3.8) is 0 Å². The first-order valence-corrected chi connectivity index (χ1v) is 10.9. The second-order valence-electron chi connectivity index (χ2n) is 7.79. The van der Waals surface area contributed by atoms with E-state index in [0.717, 1.165) is 12.8 Å². The molecule has 11 nitrogen and oxygen atoms in total. The molecule has 4 rings (SSSR count). The van der Waals surface area contributed by atoms with E-state index in [9.17, 15) is 14.7 Å². The Labute approximate surface area is 196 Å². The van der Waals surface area contributed by atoms with Crippen LogP contribution in [0.1, 0.15) is 48.7 Å². The van der Waals surface area contributed by atoms with Gasteiger partial charge in [0, 0.05) is 42.1 Å². The molecule has 1 saturated carbocycles. The van der Waals surface area contributed by atoms with Crippen molar-refractivity contribution in [2.24, 2.45) is 5.92 Å². The first-order valence-electron chi connectivity index (χ1n) is 10.9. The lowest BCUT2D eigenvalue weighted by Crippen LogP contribution is -2.17. The maximum atomic E-state index is 12.5. The van der Waals surface area contributed by atoms with Crippen LogP contribution in [0.15, 0.2) is 24.7 Å². The van der Waals surface area contributed by atoms with E-state index >= 15 is 0 Å². The number of Topliss-reactive ketones (excluding diaryl/α,β-unsaturated/α-hetero) is 1. The number of carbonyl (C=O) groups is 2. The average molecular weight is 460 g/mol. The van der Waals surface area contributed by atoms with Gasteiger partial charge in [-0.2, -0.15) is 5.10 Å². The summed E-state index contributed by atoms with van der Waals surface area (Å²) in [6, 6.07) is 3.24. The summed E-state index contributed by atoms with van der Waals surface area (Å²) in [6.45, 7) is 1.89. The van der Waals surface area contributed by atoms with E-state index in [4.69, 9.17) is 6.42 Å². The molecular formula is C23H24N8O3. The lowest BCUT2D eigenvalue weighted by Gasteiger charge is -2.15.